The number of nitrogens with one attached hydrogen (secondary N) is 2. The van der Waals surface area contributed by atoms with E-state index in [1.165, 1.54) is 0 Å². The molecule has 19 heavy (non-hydrogen) atoms. The monoisotopic (exact) mass is 272 g/mol. The molecule has 0 saturated carbocycles. The molecule has 0 radical (unpaired) electrons. The van der Waals surface area contributed by atoms with Crippen molar-refractivity contribution in [3.05, 3.63) is 0 Å². The lowest BCUT2D eigenvalue weighted by Crippen LogP contribution is -2.47. The predicted molar refractivity (Wildman–Crippen MR) is 70.9 cm³/mol. The minimum atomic E-state index is -0.893. The van der Waals surface area contributed by atoms with E-state index in [0.717, 1.165) is 13.0 Å². The second-order valence-corrected chi connectivity index (χ2v) is 4.92. The van der Waals surface area contributed by atoms with E-state index in [4.69, 9.17) is 9.84 Å². The van der Waals surface area contributed by atoms with E-state index < -0.39 is 5.97 Å². The maximum Gasteiger partial charge on any atom is 0.305 e. The van der Waals surface area contributed by atoms with Gasteiger partial charge in [-0.3, -0.25) is 9.59 Å². The number of carbonyl (C=O) groups is 2. The molecule has 1 rings (SSSR count). The Labute approximate surface area is 113 Å². The van der Waals surface area contributed by atoms with Crippen LogP contribution >= 0.6 is 0 Å². The molecule has 0 aliphatic carbocycles. The van der Waals surface area contributed by atoms with Crippen LogP contribution in [0.15, 0.2) is 0 Å². The number of carboxylic acids is 1. The lowest BCUT2D eigenvalue weighted by molar-refractivity contribution is -0.137. The Hall–Kier alpha value is -1.14. The predicted octanol–water partition coefficient (Wildman–Crippen LogP) is 0.371. The molecular weight excluding hydrogens is 248 g/mol. The fourth-order valence-electron chi connectivity index (χ4n) is 2.16. The van der Waals surface area contributed by atoms with Crippen molar-refractivity contribution in [1.82, 2.24) is 10.6 Å². The molecule has 0 spiro atoms. The average Bonchev–Trinajstić information content (AvgIpc) is 2.83. The minimum absolute atomic E-state index is 0.0299. The van der Waals surface area contributed by atoms with Gasteiger partial charge in [-0.1, -0.05) is 13.8 Å². The lowest BCUT2D eigenvalue weighted by atomic mass is 10.0. The average molecular weight is 272 g/mol. The molecule has 1 fully saturated rings. The van der Waals surface area contributed by atoms with Crippen LogP contribution < -0.4 is 10.6 Å². The summed E-state index contributed by atoms with van der Waals surface area (Å²) < 4.78 is 5.34. The SMILES string of the molecule is CCCNC1COCC1C(=O)NC(CC)CC(=O)O. The Morgan fingerprint density at radius 1 is 1.37 bits per heavy atom. The van der Waals surface area contributed by atoms with Crippen LogP contribution in [0, 0.1) is 5.92 Å². The molecule has 1 aliphatic heterocycles. The van der Waals surface area contributed by atoms with Crippen LogP contribution in [0.25, 0.3) is 0 Å². The molecule has 3 N–H and O–H groups in total. The number of carboxylic acid groups (broad SMARTS) is 1. The summed E-state index contributed by atoms with van der Waals surface area (Å²) >= 11 is 0. The lowest BCUT2D eigenvalue weighted by Gasteiger charge is -2.21. The van der Waals surface area contributed by atoms with E-state index in [9.17, 15) is 9.59 Å². The fraction of sp³-hybridized carbons (Fsp3) is 0.846. The van der Waals surface area contributed by atoms with E-state index >= 15 is 0 Å². The number of aliphatic carboxylic acids is 1. The zero-order valence-electron chi connectivity index (χ0n) is 11.6. The van der Waals surface area contributed by atoms with Crippen molar-refractivity contribution >= 4 is 11.9 Å². The molecule has 0 bridgehead atoms. The van der Waals surface area contributed by atoms with Crippen molar-refractivity contribution in [2.75, 3.05) is 19.8 Å². The van der Waals surface area contributed by atoms with Crippen LogP contribution in [-0.4, -0.2) is 48.8 Å². The van der Waals surface area contributed by atoms with Gasteiger partial charge >= 0.3 is 5.97 Å². The standard InChI is InChI=1S/C13H24N2O4/c1-3-5-14-11-8-19-7-10(11)13(18)15-9(4-2)6-12(16)17/h9-11,14H,3-8H2,1-2H3,(H,15,18)(H,16,17). The first kappa shape index (κ1) is 15.9. The highest BCUT2D eigenvalue weighted by atomic mass is 16.5. The maximum atomic E-state index is 12.1. The zero-order chi connectivity index (χ0) is 14.3. The van der Waals surface area contributed by atoms with E-state index in [-0.39, 0.29) is 30.3 Å². The Kier molecular flexibility index (Phi) is 6.80. The highest BCUT2D eigenvalue weighted by Crippen LogP contribution is 2.15. The largest absolute Gasteiger partial charge is 0.481 e. The highest BCUT2D eigenvalue weighted by Gasteiger charge is 2.34. The first-order valence-corrected chi connectivity index (χ1v) is 6.91. The summed E-state index contributed by atoms with van der Waals surface area (Å²) in [6, 6.07) is -0.278. The van der Waals surface area contributed by atoms with Gasteiger partial charge in [0.25, 0.3) is 0 Å². The van der Waals surface area contributed by atoms with Gasteiger partial charge in [0.1, 0.15) is 0 Å². The minimum Gasteiger partial charge on any atom is -0.481 e. The summed E-state index contributed by atoms with van der Waals surface area (Å²) in [5, 5.41) is 14.9. The second kappa shape index (κ2) is 8.12. The van der Waals surface area contributed by atoms with Crippen molar-refractivity contribution in [1.29, 1.82) is 0 Å². The van der Waals surface area contributed by atoms with Crippen LogP contribution in [-0.2, 0) is 14.3 Å². The number of hydrogen-bond donors (Lipinski definition) is 3. The molecular formula is C13H24N2O4. The maximum absolute atomic E-state index is 12.1. The summed E-state index contributed by atoms with van der Waals surface area (Å²) in [5.41, 5.74) is 0. The molecule has 1 heterocycles. The normalized spacial score (nSPS) is 24.1. The summed E-state index contributed by atoms with van der Waals surface area (Å²) in [7, 11) is 0. The van der Waals surface area contributed by atoms with Crippen molar-refractivity contribution in [2.45, 2.75) is 45.2 Å². The number of hydrogen-bond acceptors (Lipinski definition) is 4. The molecule has 1 amide bonds. The van der Waals surface area contributed by atoms with Crippen molar-refractivity contribution in [3.8, 4) is 0 Å². The van der Waals surface area contributed by atoms with E-state index in [2.05, 4.69) is 17.6 Å². The van der Waals surface area contributed by atoms with Gasteiger partial charge in [0.2, 0.25) is 5.91 Å². The van der Waals surface area contributed by atoms with Gasteiger partial charge in [-0.15, -0.1) is 0 Å². The van der Waals surface area contributed by atoms with Gasteiger partial charge in [0.15, 0.2) is 0 Å². The topological polar surface area (TPSA) is 87.7 Å². The van der Waals surface area contributed by atoms with Gasteiger partial charge < -0.3 is 20.5 Å². The van der Waals surface area contributed by atoms with Crippen molar-refractivity contribution in [2.24, 2.45) is 5.92 Å². The van der Waals surface area contributed by atoms with Gasteiger partial charge in [-0.25, -0.2) is 0 Å². The van der Waals surface area contributed by atoms with E-state index in [1.807, 2.05) is 6.92 Å². The summed E-state index contributed by atoms with van der Waals surface area (Å²) in [6.07, 6.45) is 1.57. The Morgan fingerprint density at radius 3 is 2.68 bits per heavy atom. The Balaban J connectivity index is 2.48. The Morgan fingerprint density at radius 2 is 2.11 bits per heavy atom. The molecule has 110 valence electrons. The van der Waals surface area contributed by atoms with Crippen LogP contribution in [0.5, 0.6) is 0 Å². The van der Waals surface area contributed by atoms with Gasteiger partial charge in [0, 0.05) is 12.1 Å². The molecule has 0 aromatic carbocycles. The van der Waals surface area contributed by atoms with E-state index in [0.29, 0.717) is 19.6 Å². The van der Waals surface area contributed by atoms with Crippen LogP contribution in [0.2, 0.25) is 0 Å². The Bertz CT molecular complexity index is 309. The number of carbonyl (C=O) groups excluding carboxylic acids is 1. The fourth-order valence-corrected chi connectivity index (χ4v) is 2.16. The summed E-state index contributed by atoms with van der Waals surface area (Å²) in [6.45, 7) is 5.72. The third-order valence-electron chi connectivity index (χ3n) is 3.33. The first-order chi connectivity index (χ1) is 9.08. The molecule has 3 atom stereocenters. The molecule has 0 aromatic rings. The van der Waals surface area contributed by atoms with Gasteiger partial charge in [0.05, 0.1) is 25.6 Å². The summed E-state index contributed by atoms with van der Waals surface area (Å²) in [4.78, 5) is 22.8. The quantitative estimate of drug-likeness (QED) is 0.594. The van der Waals surface area contributed by atoms with Crippen molar-refractivity contribution < 1.29 is 19.4 Å². The molecule has 1 aliphatic rings. The van der Waals surface area contributed by atoms with Crippen LogP contribution in [0.1, 0.15) is 33.1 Å². The molecule has 3 unspecified atom stereocenters. The van der Waals surface area contributed by atoms with Crippen LogP contribution in [0.4, 0.5) is 0 Å². The van der Waals surface area contributed by atoms with Gasteiger partial charge in [-0.2, -0.15) is 0 Å². The molecule has 6 nitrogen and oxygen atoms in total. The van der Waals surface area contributed by atoms with Crippen molar-refractivity contribution in [3.63, 3.8) is 0 Å². The van der Waals surface area contributed by atoms with Gasteiger partial charge in [-0.05, 0) is 19.4 Å². The molecule has 6 heteroatoms. The summed E-state index contributed by atoms with van der Waals surface area (Å²) in [5.74, 6) is -1.23. The second-order valence-electron chi connectivity index (χ2n) is 4.92. The molecule has 1 saturated heterocycles. The first-order valence-electron chi connectivity index (χ1n) is 6.91. The number of amides is 1. The smallest absolute Gasteiger partial charge is 0.305 e. The van der Waals surface area contributed by atoms with E-state index in [1.54, 1.807) is 0 Å². The highest BCUT2D eigenvalue weighted by molar-refractivity contribution is 5.81. The number of ether oxygens (including phenoxy) is 1. The van der Waals surface area contributed by atoms with Crippen LogP contribution in [0.3, 0.4) is 0 Å². The molecule has 0 aromatic heterocycles. The zero-order valence-corrected chi connectivity index (χ0v) is 11.6. The third-order valence-corrected chi connectivity index (χ3v) is 3.33. The number of rotatable bonds is 8. The third kappa shape index (κ3) is 5.16.